The lowest BCUT2D eigenvalue weighted by atomic mass is 10.3. The zero-order chi connectivity index (χ0) is 18.6. The molecule has 2 aromatic rings. The van der Waals surface area contributed by atoms with E-state index in [1.54, 1.807) is 0 Å². The molecule has 1 N–H and O–H groups in total. The molecule has 1 amide bonds. The molecule has 0 aliphatic carbocycles. The predicted molar refractivity (Wildman–Crippen MR) is 96.9 cm³/mol. The molecule has 8 heteroatoms. The smallest absolute Gasteiger partial charge is 0.264 e. The van der Waals surface area contributed by atoms with Gasteiger partial charge in [-0.25, -0.2) is 12.8 Å². The summed E-state index contributed by atoms with van der Waals surface area (Å²) in [6, 6.07) is 9.39. The summed E-state index contributed by atoms with van der Waals surface area (Å²) >= 11 is 5.76. The van der Waals surface area contributed by atoms with Crippen molar-refractivity contribution in [1.82, 2.24) is 0 Å². The van der Waals surface area contributed by atoms with E-state index in [9.17, 15) is 17.6 Å². The van der Waals surface area contributed by atoms with Gasteiger partial charge < -0.3 is 5.32 Å². The second-order valence-electron chi connectivity index (χ2n) is 5.13. The number of halogens is 2. The number of nitrogens with one attached hydrogen (secondary N) is 1. The van der Waals surface area contributed by atoms with Gasteiger partial charge in [0, 0.05) is 12.6 Å². The minimum atomic E-state index is -3.92. The van der Waals surface area contributed by atoms with Gasteiger partial charge in [0.2, 0.25) is 5.91 Å². The number of hydrogen-bond acceptors (Lipinski definition) is 3. The van der Waals surface area contributed by atoms with Crippen molar-refractivity contribution in [2.24, 2.45) is 0 Å². The van der Waals surface area contributed by atoms with Crippen molar-refractivity contribution >= 4 is 38.9 Å². The summed E-state index contributed by atoms with van der Waals surface area (Å²) in [7, 11) is -3.92. The van der Waals surface area contributed by atoms with Crippen LogP contribution in [-0.2, 0) is 14.8 Å². The maximum atomic E-state index is 13.4. The highest BCUT2D eigenvalue weighted by Gasteiger charge is 2.24. The Labute approximate surface area is 150 Å². The summed E-state index contributed by atoms with van der Waals surface area (Å²) in [5.41, 5.74) is 0.698. The van der Waals surface area contributed by atoms with Crippen LogP contribution < -0.4 is 9.62 Å². The number of benzene rings is 2. The topological polar surface area (TPSA) is 66.5 Å². The second-order valence-corrected chi connectivity index (χ2v) is 7.40. The van der Waals surface area contributed by atoms with Crippen molar-refractivity contribution in [1.29, 1.82) is 0 Å². The molecule has 0 unspecified atom stereocenters. The maximum Gasteiger partial charge on any atom is 0.264 e. The summed E-state index contributed by atoms with van der Waals surface area (Å²) in [6.45, 7) is 4.90. The Balaban J connectivity index is 2.43. The quantitative estimate of drug-likeness (QED) is 0.772. The number of hydrogen-bond donors (Lipinski definition) is 1. The summed E-state index contributed by atoms with van der Waals surface area (Å²) in [5, 5.41) is 2.38. The molecule has 0 heterocycles. The third-order valence-electron chi connectivity index (χ3n) is 3.25. The minimum Gasteiger partial charge on any atom is -0.326 e. The second kappa shape index (κ2) is 7.67. The van der Waals surface area contributed by atoms with Gasteiger partial charge in [0.05, 0.1) is 22.2 Å². The molecular weight excluding hydrogens is 367 g/mol. The molecule has 5 nitrogen and oxygen atoms in total. The van der Waals surface area contributed by atoms with E-state index in [2.05, 4.69) is 11.9 Å². The van der Waals surface area contributed by atoms with Crippen LogP contribution >= 0.6 is 11.6 Å². The highest BCUT2D eigenvalue weighted by Crippen LogP contribution is 2.28. The van der Waals surface area contributed by atoms with E-state index in [1.807, 2.05) is 0 Å². The standard InChI is InChI=1S/C17H16ClFN2O3S/c1-3-10-21(14-6-9-17(19)16(18)11-14)25(23,24)15-7-4-13(5-8-15)20-12(2)22/h3-9,11H,1,10H2,2H3,(H,20,22). The average molecular weight is 383 g/mol. The molecule has 0 aliphatic rings. The third kappa shape index (κ3) is 4.37. The van der Waals surface area contributed by atoms with Gasteiger partial charge in [-0.3, -0.25) is 9.10 Å². The molecule has 2 aromatic carbocycles. The third-order valence-corrected chi connectivity index (χ3v) is 5.35. The van der Waals surface area contributed by atoms with Crippen molar-refractivity contribution < 1.29 is 17.6 Å². The maximum absolute atomic E-state index is 13.4. The largest absolute Gasteiger partial charge is 0.326 e. The molecule has 25 heavy (non-hydrogen) atoms. The first-order valence-electron chi connectivity index (χ1n) is 7.22. The van der Waals surface area contributed by atoms with Crippen LogP contribution in [0.1, 0.15) is 6.92 Å². The molecule has 0 saturated heterocycles. The Bertz CT molecular complexity index is 899. The monoisotopic (exact) mass is 382 g/mol. The Hall–Kier alpha value is -2.38. The molecule has 2 rings (SSSR count). The normalized spacial score (nSPS) is 11.0. The average Bonchev–Trinajstić information content (AvgIpc) is 2.55. The van der Waals surface area contributed by atoms with Gasteiger partial charge in [-0.2, -0.15) is 0 Å². The van der Waals surface area contributed by atoms with Crippen LogP contribution in [0.4, 0.5) is 15.8 Å². The molecule has 132 valence electrons. The van der Waals surface area contributed by atoms with Crippen molar-refractivity contribution in [2.75, 3.05) is 16.2 Å². The molecule has 0 fully saturated rings. The first-order valence-corrected chi connectivity index (χ1v) is 9.04. The number of sulfonamides is 1. The molecular formula is C17H16ClFN2O3S. The summed E-state index contributed by atoms with van der Waals surface area (Å²) in [5.74, 6) is -0.897. The fourth-order valence-corrected chi connectivity index (χ4v) is 3.74. The lowest BCUT2D eigenvalue weighted by molar-refractivity contribution is -0.114. The van der Waals surface area contributed by atoms with Gasteiger partial charge in [0.25, 0.3) is 10.0 Å². The van der Waals surface area contributed by atoms with Crippen LogP contribution in [0.15, 0.2) is 60.0 Å². The molecule has 0 aliphatic heterocycles. The highest BCUT2D eigenvalue weighted by molar-refractivity contribution is 7.92. The first-order chi connectivity index (χ1) is 11.8. The summed E-state index contributed by atoms with van der Waals surface area (Å²) in [4.78, 5) is 11.1. The van der Waals surface area contributed by atoms with E-state index in [4.69, 9.17) is 11.6 Å². The van der Waals surface area contributed by atoms with Crippen LogP contribution in [0, 0.1) is 5.82 Å². The fourth-order valence-electron chi connectivity index (χ4n) is 2.14. The summed E-state index contributed by atoms with van der Waals surface area (Å²) < 4.78 is 40.2. The van der Waals surface area contributed by atoms with Gasteiger partial charge in [0.1, 0.15) is 5.82 Å². The highest BCUT2D eigenvalue weighted by atomic mass is 35.5. The van der Waals surface area contributed by atoms with Gasteiger partial charge in [-0.15, -0.1) is 6.58 Å². The van der Waals surface area contributed by atoms with E-state index in [1.165, 1.54) is 49.4 Å². The van der Waals surface area contributed by atoms with Gasteiger partial charge in [-0.05, 0) is 42.5 Å². The Kier molecular flexibility index (Phi) is 5.81. The van der Waals surface area contributed by atoms with Crippen molar-refractivity contribution in [3.63, 3.8) is 0 Å². The van der Waals surface area contributed by atoms with E-state index >= 15 is 0 Å². The van der Waals surface area contributed by atoms with Crippen molar-refractivity contribution in [3.8, 4) is 0 Å². The number of carbonyl (C=O) groups is 1. The first kappa shape index (κ1) is 19.0. The van der Waals surface area contributed by atoms with Crippen molar-refractivity contribution in [2.45, 2.75) is 11.8 Å². The van der Waals surface area contributed by atoms with Gasteiger partial charge in [-0.1, -0.05) is 17.7 Å². The van der Waals surface area contributed by atoms with Crippen molar-refractivity contribution in [3.05, 3.63) is 66.0 Å². The van der Waals surface area contributed by atoms with Crippen LogP contribution in [0.5, 0.6) is 0 Å². The SMILES string of the molecule is C=CCN(c1ccc(F)c(Cl)c1)S(=O)(=O)c1ccc(NC(C)=O)cc1. The number of rotatable bonds is 6. The van der Waals surface area contributed by atoms with E-state index in [-0.39, 0.29) is 28.1 Å². The lowest BCUT2D eigenvalue weighted by Crippen LogP contribution is -2.31. The molecule has 0 spiro atoms. The Morgan fingerprint density at radius 2 is 1.92 bits per heavy atom. The lowest BCUT2D eigenvalue weighted by Gasteiger charge is -2.23. The zero-order valence-corrected chi connectivity index (χ0v) is 14.9. The number of nitrogens with zero attached hydrogens (tertiary/aromatic N) is 1. The van der Waals surface area contributed by atoms with Crippen LogP contribution in [0.2, 0.25) is 5.02 Å². The minimum absolute atomic E-state index is 0.0161. The Morgan fingerprint density at radius 3 is 2.44 bits per heavy atom. The van der Waals surface area contributed by atoms with Crippen LogP contribution in [0.25, 0.3) is 0 Å². The molecule has 0 atom stereocenters. The Morgan fingerprint density at radius 1 is 1.28 bits per heavy atom. The number of carbonyl (C=O) groups excluding carboxylic acids is 1. The van der Waals surface area contributed by atoms with E-state index < -0.39 is 15.8 Å². The van der Waals surface area contributed by atoms with E-state index in [0.717, 1.165) is 10.4 Å². The molecule has 0 saturated carbocycles. The molecule has 0 aromatic heterocycles. The van der Waals surface area contributed by atoms with Gasteiger partial charge in [0.15, 0.2) is 0 Å². The van der Waals surface area contributed by atoms with E-state index in [0.29, 0.717) is 5.69 Å². The van der Waals surface area contributed by atoms with Gasteiger partial charge >= 0.3 is 0 Å². The zero-order valence-electron chi connectivity index (χ0n) is 13.4. The number of anilines is 2. The molecule has 0 bridgehead atoms. The number of amides is 1. The van der Waals surface area contributed by atoms with Crippen LogP contribution in [0.3, 0.4) is 0 Å². The van der Waals surface area contributed by atoms with Crippen LogP contribution in [-0.4, -0.2) is 20.9 Å². The predicted octanol–water partition coefficient (Wildman–Crippen LogP) is 3.82. The molecule has 0 radical (unpaired) electrons. The summed E-state index contributed by atoms with van der Waals surface area (Å²) in [6.07, 6.45) is 1.42. The fraction of sp³-hybridized carbons (Fsp3) is 0.118.